The molecule has 0 radical (unpaired) electrons. The predicted octanol–water partition coefficient (Wildman–Crippen LogP) is 1.74. The number of carbonyl (C=O) groups excluding carboxylic acids is 2. The van der Waals surface area contributed by atoms with E-state index in [9.17, 15) is 24.6 Å². The van der Waals surface area contributed by atoms with E-state index in [4.69, 9.17) is 0 Å². The number of thioether (sulfide) groups is 1. The number of aliphatic carboxylic acids is 1. The second kappa shape index (κ2) is 8.60. The van der Waals surface area contributed by atoms with Crippen LogP contribution < -0.4 is 0 Å². The van der Waals surface area contributed by atoms with Gasteiger partial charge in [0.15, 0.2) is 0 Å². The second-order valence-electron chi connectivity index (χ2n) is 8.25. The molecule has 1 aromatic carbocycles. The van der Waals surface area contributed by atoms with Gasteiger partial charge in [-0.1, -0.05) is 52.3 Å². The molecule has 2 amide bonds. The lowest BCUT2D eigenvalue weighted by atomic mass is 9.71. The van der Waals surface area contributed by atoms with Crippen molar-refractivity contribution in [2.75, 3.05) is 19.7 Å². The molecule has 0 aliphatic carbocycles. The summed E-state index contributed by atoms with van der Waals surface area (Å²) in [4.78, 5) is 42.3. The zero-order chi connectivity index (χ0) is 22.3. The summed E-state index contributed by atoms with van der Waals surface area (Å²) in [5.74, 6) is -3.20. The van der Waals surface area contributed by atoms with Crippen LogP contribution >= 0.6 is 27.7 Å². The van der Waals surface area contributed by atoms with Crippen molar-refractivity contribution in [2.24, 2.45) is 11.8 Å². The third kappa shape index (κ3) is 3.50. The van der Waals surface area contributed by atoms with Crippen molar-refractivity contribution >= 4 is 45.5 Å². The molecule has 3 heterocycles. The third-order valence-corrected chi connectivity index (χ3v) is 9.75. The lowest BCUT2D eigenvalue weighted by Gasteiger charge is -2.37. The number of benzene rings is 1. The first-order valence-corrected chi connectivity index (χ1v) is 12.0. The van der Waals surface area contributed by atoms with E-state index in [0.29, 0.717) is 19.5 Å². The highest BCUT2D eigenvalue weighted by Crippen LogP contribution is 2.67. The van der Waals surface area contributed by atoms with Crippen LogP contribution in [0.15, 0.2) is 43.0 Å². The molecule has 4 rings (SSSR count). The molecule has 1 spiro atoms. The van der Waals surface area contributed by atoms with Crippen molar-refractivity contribution in [1.29, 1.82) is 0 Å². The number of aliphatic hydroxyl groups is 1. The average Bonchev–Trinajstić information content (AvgIpc) is 3.32. The monoisotopic (exact) mass is 508 g/mol. The van der Waals surface area contributed by atoms with Crippen LogP contribution in [0.3, 0.4) is 0 Å². The minimum atomic E-state index is -1.01. The summed E-state index contributed by atoms with van der Waals surface area (Å²) in [6.07, 6.45) is 2.18. The molecule has 1 aromatic rings. The first-order chi connectivity index (χ1) is 14.9. The van der Waals surface area contributed by atoms with Gasteiger partial charge in [-0.15, -0.1) is 18.3 Å². The lowest BCUT2D eigenvalue weighted by molar-refractivity contribution is -0.148. The number of amides is 2. The Bertz CT molecular complexity index is 899. The van der Waals surface area contributed by atoms with Gasteiger partial charge in [-0.25, -0.2) is 0 Å². The zero-order valence-corrected chi connectivity index (χ0v) is 19.3. The fourth-order valence-electron chi connectivity index (χ4n) is 5.40. The number of alkyl halides is 1. The number of rotatable bonds is 8. The van der Waals surface area contributed by atoms with Crippen molar-refractivity contribution in [1.82, 2.24) is 9.80 Å². The summed E-state index contributed by atoms with van der Waals surface area (Å²) in [6.45, 7) is 4.16. The highest BCUT2D eigenvalue weighted by atomic mass is 79.9. The molecule has 3 unspecified atom stereocenters. The normalized spacial score (nSPS) is 33.4. The number of carboxylic acids is 1. The number of likely N-dealkylation sites (tertiary alicyclic amines) is 1. The van der Waals surface area contributed by atoms with E-state index >= 15 is 0 Å². The number of fused-ring (bicyclic) bond motifs is 1. The van der Waals surface area contributed by atoms with E-state index in [2.05, 4.69) is 22.5 Å². The quantitative estimate of drug-likeness (QED) is 0.410. The fraction of sp³-hybridized carbons (Fsp3) is 0.500. The van der Waals surface area contributed by atoms with Crippen LogP contribution in [0, 0.1) is 11.8 Å². The smallest absolute Gasteiger partial charge is 0.308 e. The number of hydrogen-bond acceptors (Lipinski definition) is 5. The van der Waals surface area contributed by atoms with Gasteiger partial charge in [-0.2, -0.15) is 0 Å². The largest absolute Gasteiger partial charge is 0.481 e. The van der Waals surface area contributed by atoms with E-state index in [1.165, 1.54) is 16.7 Å². The van der Waals surface area contributed by atoms with E-state index < -0.39 is 28.6 Å². The Balaban J connectivity index is 1.73. The standard InChI is InChI=1S/C22H25BrN2O5S/c1-2-8-24(12-13-6-4-3-5-7-13)20(28)18-22-11-14(23)17(31-22)15(21(29)30)16(22)19(27)25(18)9-10-26/h2-7,14-18,26H,1,8-12H2,(H,29,30)/t14?,15-,16-,17-,18?,22?/m0/s1. The van der Waals surface area contributed by atoms with Crippen LogP contribution in [0.4, 0.5) is 0 Å². The molecule has 2 N–H and O–H groups in total. The maximum absolute atomic E-state index is 13.9. The molecular formula is C22H25BrN2O5S. The highest BCUT2D eigenvalue weighted by molar-refractivity contribution is 9.09. The number of aliphatic hydroxyl groups excluding tert-OH is 1. The van der Waals surface area contributed by atoms with Crippen molar-refractivity contribution in [3.8, 4) is 0 Å². The molecule has 31 heavy (non-hydrogen) atoms. The molecular weight excluding hydrogens is 484 g/mol. The van der Waals surface area contributed by atoms with E-state index in [1.807, 2.05) is 30.3 Å². The van der Waals surface area contributed by atoms with Crippen LogP contribution in [-0.2, 0) is 20.9 Å². The van der Waals surface area contributed by atoms with Gasteiger partial charge in [0, 0.05) is 29.7 Å². The van der Waals surface area contributed by atoms with Gasteiger partial charge >= 0.3 is 5.97 Å². The molecule has 7 nitrogen and oxygen atoms in total. The maximum atomic E-state index is 13.9. The minimum absolute atomic E-state index is 0.00523. The molecule has 3 fully saturated rings. The zero-order valence-electron chi connectivity index (χ0n) is 16.9. The Kier molecular flexibility index (Phi) is 6.20. The summed E-state index contributed by atoms with van der Waals surface area (Å²) < 4.78 is -0.818. The Morgan fingerprint density at radius 2 is 2.06 bits per heavy atom. The van der Waals surface area contributed by atoms with Crippen LogP contribution in [0.2, 0.25) is 0 Å². The summed E-state index contributed by atoms with van der Waals surface area (Å²) in [5, 5.41) is 19.2. The van der Waals surface area contributed by atoms with Gasteiger partial charge in [-0.3, -0.25) is 14.4 Å². The van der Waals surface area contributed by atoms with E-state index in [0.717, 1.165) is 5.56 Å². The summed E-state index contributed by atoms with van der Waals surface area (Å²) in [5.41, 5.74) is 0.954. The van der Waals surface area contributed by atoms with Crippen molar-refractivity contribution in [2.45, 2.75) is 33.8 Å². The SMILES string of the molecule is C=CCN(Cc1ccccc1)C(=O)C1N(CCO)C(=O)[C@@H]2[C@H](C(=O)O)[C@H]3SC12CC3Br. The molecule has 9 heteroatoms. The summed E-state index contributed by atoms with van der Waals surface area (Å²) in [7, 11) is 0. The van der Waals surface area contributed by atoms with Gasteiger partial charge in [0.2, 0.25) is 11.8 Å². The molecule has 3 aliphatic heterocycles. The number of nitrogens with zero attached hydrogens (tertiary/aromatic N) is 2. The molecule has 0 aromatic heterocycles. The predicted molar refractivity (Wildman–Crippen MR) is 121 cm³/mol. The van der Waals surface area contributed by atoms with Gasteiger partial charge < -0.3 is 20.0 Å². The molecule has 2 bridgehead atoms. The van der Waals surface area contributed by atoms with E-state index in [-0.39, 0.29) is 35.0 Å². The second-order valence-corrected chi connectivity index (χ2v) is 11.0. The molecule has 0 saturated carbocycles. The first kappa shape index (κ1) is 22.4. The highest BCUT2D eigenvalue weighted by Gasteiger charge is 2.75. The average molecular weight is 509 g/mol. The Morgan fingerprint density at radius 3 is 2.68 bits per heavy atom. The van der Waals surface area contributed by atoms with Gasteiger partial charge in [-0.05, 0) is 12.0 Å². The number of hydrogen-bond donors (Lipinski definition) is 2. The maximum Gasteiger partial charge on any atom is 0.308 e. The lowest BCUT2D eigenvalue weighted by Crippen LogP contribution is -2.55. The topological polar surface area (TPSA) is 98.2 Å². The Morgan fingerprint density at radius 1 is 1.35 bits per heavy atom. The molecule has 6 atom stereocenters. The van der Waals surface area contributed by atoms with Crippen LogP contribution in [-0.4, -0.2) is 78.4 Å². The van der Waals surface area contributed by atoms with Crippen molar-refractivity contribution in [3.63, 3.8) is 0 Å². The van der Waals surface area contributed by atoms with Crippen molar-refractivity contribution < 1.29 is 24.6 Å². The molecule has 3 saturated heterocycles. The van der Waals surface area contributed by atoms with Gasteiger partial charge in [0.25, 0.3) is 0 Å². The summed E-state index contributed by atoms with van der Waals surface area (Å²) >= 11 is 5.07. The van der Waals surface area contributed by atoms with Crippen molar-refractivity contribution in [3.05, 3.63) is 48.6 Å². The summed E-state index contributed by atoms with van der Waals surface area (Å²) in [6, 6.07) is 8.75. The fourth-order valence-corrected chi connectivity index (χ4v) is 9.00. The number of carbonyl (C=O) groups is 3. The van der Waals surface area contributed by atoms with Crippen LogP contribution in [0.5, 0.6) is 0 Å². The van der Waals surface area contributed by atoms with E-state index in [1.54, 1.807) is 11.0 Å². The first-order valence-electron chi connectivity index (χ1n) is 10.3. The molecule has 166 valence electrons. The van der Waals surface area contributed by atoms with Gasteiger partial charge in [0.1, 0.15) is 6.04 Å². The number of halogens is 1. The molecule has 3 aliphatic rings. The van der Waals surface area contributed by atoms with Crippen LogP contribution in [0.1, 0.15) is 12.0 Å². The van der Waals surface area contributed by atoms with Gasteiger partial charge in [0.05, 0.1) is 23.2 Å². The third-order valence-electron chi connectivity index (χ3n) is 6.53. The Hall–Kier alpha value is -1.84. The minimum Gasteiger partial charge on any atom is -0.481 e. The van der Waals surface area contributed by atoms with Crippen LogP contribution in [0.25, 0.3) is 0 Å². The number of β-amino-alcohol motifs (C(OH)–C–C–N with tert-alkyl or cyclic N) is 1. The number of carboxylic acid groups (broad SMARTS) is 1. The Labute approximate surface area is 193 Å².